The number of rotatable bonds is 1. The molecule has 0 amide bonds. The standard InChI is InChI=1S/C14H13NO3/c1-7-5-10-8(2)15-12-4-3-9(14(16)17)6-11(12)13(10)18-7/h3-4,6-7H,5H2,1-2H3,(H,16,17)/p-1/t7-/m0/s1. The van der Waals surface area contributed by atoms with E-state index in [1.807, 2.05) is 13.8 Å². The maximum absolute atomic E-state index is 10.9. The molecule has 0 spiro atoms. The number of carboxylic acids is 1. The van der Waals surface area contributed by atoms with Crippen molar-refractivity contribution in [2.45, 2.75) is 26.4 Å². The lowest BCUT2D eigenvalue weighted by molar-refractivity contribution is -0.255. The summed E-state index contributed by atoms with van der Waals surface area (Å²) in [5.41, 5.74) is 2.93. The number of hydrogen-bond acceptors (Lipinski definition) is 4. The average molecular weight is 242 g/mol. The second kappa shape index (κ2) is 3.70. The number of carboxylic acid groups (broad SMARTS) is 1. The summed E-state index contributed by atoms with van der Waals surface area (Å²) in [6.45, 7) is 3.94. The largest absolute Gasteiger partial charge is 0.545 e. The monoisotopic (exact) mass is 242 g/mol. The molecule has 0 N–H and O–H groups in total. The van der Waals surface area contributed by atoms with Gasteiger partial charge in [-0.25, -0.2) is 0 Å². The van der Waals surface area contributed by atoms with E-state index in [0.717, 1.165) is 34.3 Å². The van der Waals surface area contributed by atoms with E-state index in [1.165, 1.54) is 6.07 Å². The van der Waals surface area contributed by atoms with Crippen LogP contribution in [0.3, 0.4) is 0 Å². The lowest BCUT2D eigenvalue weighted by atomic mass is 10.0. The quantitative estimate of drug-likeness (QED) is 0.754. The maximum Gasteiger partial charge on any atom is 0.134 e. The molecule has 0 fully saturated rings. The molecule has 1 aromatic carbocycles. The molecular formula is C14H12NO3-. The van der Waals surface area contributed by atoms with Gasteiger partial charge in [0.2, 0.25) is 0 Å². The normalized spacial score (nSPS) is 17.6. The molecule has 4 heteroatoms. The van der Waals surface area contributed by atoms with Gasteiger partial charge in [-0.05, 0) is 31.5 Å². The molecule has 4 nitrogen and oxygen atoms in total. The van der Waals surface area contributed by atoms with E-state index in [0.29, 0.717) is 0 Å². The van der Waals surface area contributed by atoms with Crippen molar-refractivity contribution in [1.29, 1.82) is 0 Å². The lowest BCUT2D eigenvalue weighted by Gasteiger charge is -2.10. The number of nitrogens with zero attached hydrogens (tertiary/aromatic N) is 1. The molecule has 0 bridgehead atoms. The Hall–Kier alpha value is -2.10. The first-order chi connectivity index (χ1) is 8.56. The van der Waals surface area contributed by atoms with Crippen molar-refractivity contribution < 1.29 is 14.6 Å². The van der Waals surface area contributed by atoms with Gasteiger partial charge in [-0.2, -0.15) is 0 Å². The Balaban J connectivity index is 2.32. The van der Waals surface area contributed by atoms with Crippen LogP contribution < -0.4 is 9.84 Å². The molecule has 0 unspecified atom stereocenters. The van der Waals surface area contributed by atoms with Crippen LogP contribution in [0.4, 0.5) is 0 Å². The van der Waals surface area contributed by atoms with Crippen LogP contribution in [0.2, 0.25) is 0 Å². The molecule has 0 saturated carbocycles. The molecule has 1 aliphatic rings. The van der Waals surface area contributed by atoms with Crippen molar-refractivity contribution in [3.63, 3.8) is 0 Å². The Bertz CT molecular complexity index is 664. The minimum Gasteiger partial charge on any atom is -0.545 e. The fourth-order valence-corrected chi connectivity index (χ4v) is 2.42. The number of carbonyl (C=O) groups is 1. The number of carbonyl (C=O) groups excluding carboxylic acids is 1. The van der Waals surface area contributed by atoms with Gasteiger partial charge >= 0.3 is 0 Å². The summed E-state index contributed by atoms with van der Waals surface area (Å²) in [7, 11) is 0. The van der Waals surface area contributed by atoms with E-state index in [1.54, 1.807) is 12.1 Å². The second-order valence-corrected chi connectivity index (χ2v) is 4.66. The molecule has 1 atom stereocenters. The minimum atomic E-state index is -1.18. The van der Waals surface area contributed by atoms with Crippen LogP contribution >= 0.6 is 0 Å². The molecule has 2 heterocycles. The smallest absolute Gasteiger partial charge is 0.134 e. The van der Waals surface area contributed by atoms with Gasteiger partial charge in [0.1, 0.15) is 11.9 Å². The summed E-state index contributed by atoms with van der Waals surface area (Å²) >= 11 is 0. The van der Waals surface area contributed by atoms with E-state index in [2.05, 4.69) is 4.98 Å². The molecule has 2 aromatic rings. The SMILES string of the molecule is Cc1nc2ccc(C(=O)[O-])cc2c2c1C[C@H](C)O2. The van der Waals surface area contributed by atoms with E-state index >= 15 is 0 Å². The lowest BCUT2D eigenvalue weighted by Crippen LogP contribution is -2.22. The van der Waals surface area contributed by atoms with Gasteiger partial charge in [-0.15, -0.1) is 0 Å². The number of fused-ring (bicyclic) bond motifs is 3. The number of benzene rings is 1. The van der Waals surface area contributed by atoms with E-state index in [9.17, 15) is 9.90 Å². The van der Waals surface area contributed by atoms with E-state index in [4.69, 9.17) is 4.74 Å². The van der Waals surface area contributed by atoms with Crippen LogP contribution in [0.25, 0.3) is 10.9 Å². The summed E-state index contributed by atoms with van der Waals surface area (Å²) < 4.78 is 5.78. The van der Waals surface area contributed by atoms with Gasteiger partial charge in [-0.3, -0.25) is 4.98 Å². The van der Waals surface area contributed by atoms with Crippen molar-refractivity contribution in [2.75, 3.05) is 0 Å². The first-order valence-electron chi connectivity index (χ1n) is 5.87. The number of ether oxygens (including phenoxy) is 1. The zero-order valence-electron chi connectivity index (χ0n) is 10.2. The van der Waals surface area contributed by atoms with Crippen LogP contribution in [0, 0.1) is 6.92 Å². The van der Waals surface area contributed by atoms with Crippen molar-refractivity contribution in [3.8, 4) is 5.75 Å². The molecule has 1 aromatic heterocycles. The van der Waals surface area contributed by atoms with Gasteiger partial charge in [0.25, 0.3) is 0 Å². The zero-order chi connectivity index (χ0) is 12.9. The first-order valence-corrected chi connectivity index (χ1v) is 5.87. The van der Waals surface area contributed by atoms with Crippen molar-refractivity contribution in [3.05, 3.63) is 35.0 Å². The van der Waals surface area contributed by atoms with Gasteiger partial charge < -0.3 is 14.6 Å². The minimum absolute atomic E-state index is 0.109. The predicted octanol–water partition coefficient (Wildman–Crippen LogP) is 1.23. The van der Waals surface area contributed by atoms with E-state index in [-0.39, 0.29) is 11.7 Å². The molecule has 18 heavy (non-hydrogen) atoms. The molecule has 0 aliphatic carbocycles. The molecule has 1 aliphatic heterocycles. The first kappa shape index (κ1) is 11.0. The molecule has 0 saturated heterocycles. The zero-order valence-corrected chi connectivity index (χ0v) is 10.2. The Morgan fingerprint density at radius 1 is 1.50 bits per heavy atom. The van der Waals surface area contributed by atoms with Crippen LogP contribution in [0.5, 0.6) is 5.75 Å². The Kier molecular flexibility index (Phi) is 2.26. The second-order valence-electron chi connectivity index (χ2n) is 4.66. The Morgan fingerprint density at radius 2 is 2.28 bits per heavy atom. The summed E-state index contributed by atoms with van der Waals surface area (Å²) in [6.07, 6.45) is 0.928. The van der Waals surface area contributed by atoms with Gasteiger partial charge in [0, 0.05) is 23.1 Å². The van der Waals surface area contributed by atoms with Gasteiger partial charge in [0.15, 0.2) is 0 Å². The average Bonchev–Trinajstić information content (AvgIpc) is 2.71. The Labute approximate surface area is 104 Å². The van der Waals surface area contributed by atoms with Crippen LogP contribution in [-0.2, 0) is 6.42 Å². The molecule has 3 rings (SSSR count). The number of aromatic carboxylic acids is 1. The maximum atomic E-state index is 10.9. The molecular weight excluding hydrogens is 230 g/mol. The topological polar surface area (TPSA) is 62.2 Å². The number of aryl methyl sites for hydroxylation is 1. The fraction of sp³-hybridized carbons (Fsp3) is 0.286. The van der Waals surface area contributed by atoms with Crippen LogP contribution in [0.15, 0.2) is 18.2 Å². The fourth-order valence-electron chi connectivity index (χ4n) is 2.42. The van der Waals surface area contributed by atoms with Crippen LogP contribution in [0.1, 0.15) is 28.5 Å². The number of hydrogen-bond donors (Lipinski definition) is 0. The van der Waals surface area contributed by atoms with Crippen molar-refractivity contribution >= 4 is 16.9 Å². The highest BCUT2D eigenvalue weighted by molar-refractivity contribution is 5.95. The highest BCUT2D eigenvalue weighted by atomic mass is 16.5. The number of pyridine rings is 1. The third kappa shape index (κ3) is 1.53. The van der Waals surface area contributed by atoms with E-state index < -0.39 is 5.97 Å². The summed E-state index contributed by atoms with van der Waals surface area (Å²) in [6, 6.07) is 4.78. The third-order valence-electron chi connectivity index (χ3n) is 3.29. The number of aromatic nitrogens is 1. The van der Waals surface area contributed by atoms with Crippen molar-refractivity contribution in [2.24, 2.45) is 0 Å². The van der Waals surface area contributed by atoms with Crippen molar-refractivity contribution in [1.82, 2.24) is 4.98 Å². The predicted molar refractivity (Wildman–Crippen MR) is 64.6 cm³/mol. The summed E-state index contributed by atoms with van der Waals surface area (Å²) in [5.74, 6) is -0.412. The summed E-state index contributed by atoms with van der Waals surface area (Å²) in [5, 5.41) is 11.7. The third-order valence-corrected chi connectivity index (χ3v) is 3.29. The van der Waals surface area contributed by atoms with Crippen LogP contribution in [-0.4, -0.2) is 17.1 Å². The highest BCUT2D eigenvalue weighted by Gasteiger charge is 2.24. The highest BCUT2D eigenvalue weighted by Crippen LogP contribution is 2.37. The Morgan fingerprint density at radius 3 is 3.00 bits per heavy atom. The molecule has 0 radical (unpaired) electrons. The van der Waals surface area contributed by atoms with Gasteiger partial charge in [0.05, 0.1) is 11.5 Å². The molecule has 92 valence electrons. The van der Waals surface area contributed by atoms with Gasteiger partial charge in [-0.1, -0.05) is 6.07 Å². The summed E-state index contributed by atoms with van der Waals surface area (Å²) in [4.78, 5) is 15.4.